The number of carbonyl (C=O) groups excluding carboxylic acids is 1. The molecule has 1 fully saturated rings. The molecule has 21 heavy (non-hydrogen) atoms. The molecule has 1 amide bonds. The van der Waals surface area contributed by atoms with Gasteiger partial charge < -0.3 is 4.90 Å². The van der Waals surface area contributed by atoms with Crippen molar-refractivity contribution in [3.8, 4) is 0 Å². The van der Waals surface area contributed by atoms with E-state index in [2.05, 4.69) is 33.0 Å². The summed E-state index contributed by atoms with van der Waals surface area (Å²) in [6.07, 6.45) is 6.16. The van der Waals surface area contributed by atoms with Crippen LogP contribution in [0.4, 0.5) is 0 Å². The monoisotopic (exact) mass is 344 g/mol. The molecule has 3 rings (SSSR count). The molecule has 0 atom stereocenters. The number of halogens is 1. The van der Waals surface area contributed by atoms with Crippen molar-refractivity contribution in [1.82, 2.24) is 9.88 Å². The predicted octanol–water partition coefficient (Wildman–Crippen LogP) is 3.58. The zero-order chi connectivity index (χ0) is 14.7. The van der Waals surface area contributed by atoms with Crippen molar-refractivity contribution in [1.29, 1.82) is 0 Å². The Bertz CT molecular complexity index is 626. The second-order valence-corrected chi connectivity index (χ2v) is 6.33. The van der Waals surface area contributed by atoms with E-state index in [-0.39, 0.29) is 5.91 Å². The van der Waals surface area contributed by atoms with Gasteiger partial charge in [0.1, 0.15) is 0 Å². The fraction of sp³-hybridized carbons (Fsp3) is 0.294. The van der Waals surface area contributed by atoms with Gasteiger partial charge in [0.05, 0.1) is 6.42 Å². The molecule has 3 nitrogen and oxygen atoms in total. The van der Waals surface area contributed by atoms with Gasteiger partial charge in [-0.2, -0.15) is 0 Å². The van der Waals surface area contributed by atoms with Crippen LogP contribution < -0.4 is 0 Å². The van der Waals surface area contributed by atoms with Crippen LogP contribution in [-0.2, 0) is 17.8 Å². The lowest BCUT2D eigenvalue weighted by Crippen LogP contribution is -2.33. The van der Waals surface area contributed by atoms with Crippen LogP contribution in [0.5, 0.6) is 0 Å². The van der Waals surface area contributed by atoms with E-state index in [1.54, 1.807) is 12.4 Å². The van der Waals surface area contributed by atoms with Crippen molar-refractivity contribution < 1.29 is 4.79 Å². The van der Waals surface area contributed by atoms with Crippen molar-refractivity contribution in [3.05, 3.63) is 64.4 Å². The van der Waals surface area contributed by atoms with E-state index >= 15 is 0 Å². The molecular formula is C17H17BrN2O. The first-order chi connectivity index (χ1) is 10.2. The maximum absolute atomic E-state index is 12.6. The molecule has 0 N–H and O–H groups in total. The molecule has 2 aromatic rings. The number of benzene rings is 1. The molecule has 0 radical (unpaired) electrons. The first-order valence-electron chi connectivity index (χ1n) is 7.15. The largest absolute Gasteiger partial charge is 0.335 e. The zero-order valence-corrected chi connectivity index (χ0v) is 13.3. The zero-order valence-electron chi connectivity index (χ0n) is 11.7. The molecule has 0 saturated heterocycles. The van der Waals surface area contributed by atoms with E-state index < -0.39 is 0 Å². The van der Waals surface area contributed by atoms with Gasteiger partial charge in [0.25, 0.3) is 0 Å². The molecule has 1 heterocycles. The Hall–Kier alpha value is -1.68. The summed E-state index contributed by atoms with van der Waals surface area (Å²) in [6.45, 7) is 0.689. The van der Waals surface area contributed by atoms with Crippen molar-refractivity contribution in [3.63, 3.8) is 0 Å². The Balaban J connectivity index is 1.71. The third-order valence-corrected chi connectivity index (χ3v) is 4.15. The summed E-state index contributed by atoms with van der Waals surface area (Å²) in [5.41, 5.74) is 2.19. The molecule has 108 valence electrons. The summed E-state index contributed by atoms with van der Waals surface area (Å²) in [5, 5.41) is 0. The van der Waals surface area contributed by atoms with Crippen molar-refractivity contribution in [2.24, 2.45) is 0 Å². The summed E-state index contributed by atoms with van der Waals surface area (Å²) in [7, 11) is 0. The Morgan fingerprint density at radius 3 is 2.62 bits per heavy atom. The van der Waals surface area contributed by atoms with Crippen LogP contribution in [0.3, 0.4) is 0 Å². The summed E-state index contributed by atoms with van der Waals surface area (Å²) in [6, 6.07) is 12.4. The Labute approximate surface area is 133 Å². The molecule has 4 heteroatoms. The minimum atomic E-state index is 0.198. The van der Waals surface area contributed by atoms with Crippen LogP contribution in [-0.4, -0.2) is 21.8 Å². The highest BCUT2D eigenvalue weighted by Gasteiger charge is 2.32. The number of pyridine rings is 1. The average Bonchev–Trinajstić information content (AvgIpc) is 3.30. The SMILES string of the molecule is O=C(Cc1ccncc1)N(Cc1cccc(Br)c1)C1CC1. The van der Waals surface area contributed by atoms with Crippen molar-refractivity contribution >= 4 is 21.8 Å². The van der Waals surface area contributed by atoms with Gasteiger partial charge in [-0.1, -0.05) is 28.1 Å². The van der Waals surface area contributed by atoms with Gasteiger partial charge in [-0.3, -0.25) is 9.78 Å². The lowest BCUT2D eigenvalue weighted by molar-refractivity contribution is -0.131. The molecule has 0 spiro atoms. The molecule has 1 aliphatic rings. The highest BCUT2D eigenvalue weighted by Crippen LogP contribution is 2.29. The Morgan fingerprint density at radius 2 is 1.95 bits per heavy atom. The van der Waals surface area contributed by atoms with Crippen LogP contribution in [0.1, 0.15) is 24.0 Å². The lowest BCUT2D eigenvalue weighted by Gasteiger charge is -2.23. The molecule has 1 saturated carbocycles. The summed E-state index contributed by atoms with van der Waals surface area (Å²) < 4.78 is 1.05. The van der Waals surface area contributed by atoms with Gasteiger partial charge in [-0.25, -0.2) is 0 Å². The summed E-state index contributed by atoms with van der Waals surface area (Å²) in [4.78, 5) is 18.6. The fourth-order valence-corrected chi connectivity index (χ4v) is 2.86. The maximum atomic E-state index is 12.6. The third kappa shape index (κ3) is 3.91. The minimum Gasteiger partial charge on any atom is -0.335 e. The smallest absolute Gasteiger partial charge is 0.227 e. The second kappa shape index (κ2) is 6.39. The van der Waals surface area contributed by atoms with Gasteiger partial charge in [0.2, 0.25) is 5.91 Å². The van der Waals surface area contributed by atoms with E-state index in [9.17, 15) is 4.79 Å². The molecular weight excluding hydrogens is 328 g/mol. The molecule has 1 aromatic carbocycles. The van der Waals surface area contributed by atoms with Crippen LogP contribution in [0.2, 0.25) is 0 Å². The number of rotatable bonds is 5. The highest BCUT2D eigenvalue weighted by atomic mass is 79.9. The van der Waals surface area contributed by atoms with Gasteiger partial charge in [0.15, 0.2) is 0 Å². The number of hydrogen-bond donors (Lipinski definition) is 0. The van der Waals surface area contributed by atoms with Crippen LogP contribution >= 0.6 is 15.9 Å². The molecule has 0 bridgehead atoms. The van der Waals surface area contributed by atoms with Gasteiger partial charge in [-0.15, -0.1) is 0 Å². The number of amides is 1. The van der Waals surface area contributed by atoms with Crippen LogP contribution in [0.15, 0.2) is 53.3 Å². The minimum absolute atomic E-state index is 0.198. The molecule has 1 aromatic heterocycles. The van der Waals surface area contributed by atoms with E-state index in [1.807, 2.05) is 29.2 Å². The topological polar surface area (TPSA) is 33.2 Å². The lowest BCUT2D eigenvalue weighted by atomic mass is 10.1. The Kier molecular flexibility index (Phi) is 4.34. The normalized spacial score (nSPS) is 14.0. The number of hydrogen-bond acceptors (Lipinski definition) is 2. The second-order valence-electron chi connectivity index (χ2n) is 5.41. The number of nitrogens with zero attached hydrogens (tertiary/aromatic N) is 2. The quantitative estimate of drug-likeness (QED) is 0.830. The average molecular weight is 345 g/mol. The number of aromatic nitrogens is 1. The first kappa shape index (κ1) is 14.3. The van der Waals surface area contributed by atoms with Crippen molar-refractivity contribution in [2.45, 2.75) is 31.8 Å². The summed E-state index contributed by atoms with van der Waals surface area (Å²) in [5.74, 6) is 0.198. The van der Waals surface area contributed by atoms with E-state index in [4.69, 9.17) is 0 Å². The van der Waals surface area contributed by atoms with Crippen molar-refractivity contribution in [2.75, 3.05) is 0 Å². The van der Waals surface area contributed by atoms with E-state index in [1.165, 1.54) is 5.56 Å². The van der Waals surface area contributed by atoms with E-state index in [0.717, 1.165) is 22.9 Å². The Morgan fingerprint density at radius 1 is 1.19 bits per heavy atom. The van der Waals surface area contributed by atoms with E-state index in [0.29, 0.717) is 19.0 Å². The van der Waals surface area contributed by atoms with Gasteiger partial charge in [-0.05, 0) is 48.2 Å². The molecule has 0 aliphatic heterocycles. The highest BCUT2D eigenvalue weighted by molar-refractivity contribution is 9.10. The van der Waals surface area contributed by atoms with Crippen LogP contribution in [0, 0.1) is 0 Å². The standard InChI is InChI=1S/C17H17BrN2O/c18-15-3-1-2-14(10-15)12-20(16-4-5-16)17(21)11-13-6-8-19-9-7-13/h1-3,6-10,16H,4-5,11-12H2. The fourth-order valence-electron chi connectivity index (χ4n) is 2.42. The number of carbonyl (C=O) groups is 1. The third-order valence-electron chi connectivity index (χ3n) is 3.65. The first-order valence-corrected chi connectivity index (χ1v) is 7.94. The molecule has 1 aliphatic carbocycles. The summed E-state index contributed by atoms with van der Waals surface area (Å²) >= 11 is 3.49. The predicted molar refractivity (Wildman–Crippen MR) is 85.7 cm³/mol. The molecule has 0 unspecified atom stereocenters. The van der Waals surface area contributed by atoms with Gasteiger partial charge >= 0.3 is 0 Å². The van der Waals surface area contributed by atoms with Gasteiger partial charge in [0, 0.05) is 29.5 Å². The van der Waals surface area contributed by atoms with Crippen LogP contribution in [0.25, 0.3) is 0 Å². The maximum Gasteiger partial charge on any atom is 0.227 e.